The first-order chi connectivity index (χ1) is 29.6. The summed E-state index contributed by atoms with van der Waals surface area (Å²) < 4.78 is 7.35. The van der Waals surface area contributed by atoms with Crippen molar-refractivity contribution in [2.75, 3.05) is 52.9 Å². The van der Waals surface area contributed by atoms with Gasteiger partial charge in [0.1, 0.15) is 23.7 Å². The molecule has 2 atom stereocenters. The zero-order valence-electron chi connectivity index (χ0n) is 34.7. The lowest BCUT2D eigenvalue weighted by molar-refractivity contribution is -0.189. The smallest absolute Gasteiger partial charge is 0.334 e. The summed E-state index contributed by atoms with van der Waals surface area (Å²) in [6.07, 6.45) is 2.87. The summed E-state index contributed by atoms with van der Waals surface area (Å²) in [5.41, 5.74) is 5.10. The predicted octanol–water partition coefficient (Wildman–Crippen LogP) is 4.59. The van der Waals surface area contributed by atoms with Crippen LogP contribution >= 0.6 is 0 Å². The molecule has 61 heavy (non-hydrogen) atoms. The van der Waals surface area contributed by atoms with E-state index in [0.29, 0.717) is 18.7 Å². The van der Waals surface area contributed by atoms with Crippen molar-refractivity contribution in [3.8, 4) is 11.5 Å². The number of aromatic hydroxyl groups is 1. The van der Waals surface area contributed by atoms with Crippen LogP contribution in [-0.4, -0.2) is 128 Å². The fourth-order valence-corrected chi connectivity index (χ4v) is 8.92. The Morgan fingerprint density at radius 1 is 0.885 bits per heavy atom. The minimum atomic E-state index is -0.932. The van der Waals surface area contributed by atoms with Crippen molar-refractivity contribution < 1.29 is 29.0 Å². The number of benzene rings is 4. The molecule has 4 heterocycles. The third-order valence-corrected chi connectivity index (χ3v) is 11.9. The number of urea groups is 1. The number of nitrogens with one attached hydrogen (secondary N) is 1. The van der Waals surface area contributed by atoms with Gasteiger partial charge in [0.05, 0.1) is 31.3 Å². The molecule has 0 unspecified atom stereocenters. The van der Waals surface area contributed by atoms with E-state index in [2.05, 4.69) is 22.9 Å². The lowest BCUT2D eigenvalue weighted by Gasteiger charge is -2.55. The molecule has 4 aromatic carbocycles. The zero-order valence-corrected chi connectivity index (χ0v) is 34.7. The molecule has 3 fully saturated rings. The number of hydrazine groups is 1. The maximum Gasteiger partial charge on any atom is 0.334 e. The number of carbonyl (C=O) groups excluding carboxylic acids is 4. The summed E-state index contributed by atoms with van der Waals surface area (Å²) in [6.45, 7) is 7.97. The fraction of sp³-hybridized carbons (Fsp3) is 0.319. The highest BCUT2D eigenvalue weighted by Gasteiger charge is 2.51. The van der Waals surface area contributed by atoms with Crippen LogP contribution in [0.3, 0.4) is 0 Å². The van der Waals surface area contributed by atoms with Crippen LogP contribution < -0.4 is 10.1 Å². The SMILES string of the molecule is C=CCN1CC(=O)N2[C@@H](Cc3ccc(O)cc3)C(=O)N(Cc3cccc4c(C(=O)N5CCN(Cc6cccc(OC)c6)CC5)cn(C)c34)C[C@@H]2N1C(=O)NCc1ccccc1. The van der Waals surface area contributed by atoms with E-state index >= 15 is 0 Å². The first-order valence-corrected chi connectivity index (χ1v) is 20.7. The van der Waals surface area contributed by atoms with Crippen LogP contribution in [0.4, 0.5) is 4.79 Å². The number of hydrogen-bond donors (Lipinski definition) is 2. The highest BCUT2D eigenvalue weighted by molar-refractivity contribution is 6.07. The maximum atomic E-state index is 14.8. The summed E-state index contributed by atoms with van der Waals surface area (Å²) in [5, 5.41) is 17.1. The van der Waals surface area contributed by atoms with Gasteiger partial charge < -0.3 is 34.4 Å². The molecule has 0 saturated carbocycles. The topological polar surface area (TPSA) is 134 Å². The van der Waals surface area contributed by atoms with Crippen LogP contribution in [0.15, 0.2) is 116 Å². The van der Waals surface area contributed by atoms with Gasteiger partial charge in [-0.3, -0.25) is 19.3 Å². The van der Waals surface area contributed by atoms with Crippen molar-refractivity contribution in [1.29, 1.82) is 0 Å². The van der Waals surface area contributed by atoms with E-state index in [9.17, 15) is 24.3 Å². The van der Waals surface area contributed by atoms with Crippen molar-refractivity contribution in [2.24, 2.45) is 7.05 Å². The highest BCUT2D eigenvalue weighted by Crippen LogP contribution is 2.32. The number of ether oxygens (including phenoxy) is 1. The summed E-state index contributed by atoms with van der Waals surface area (Å²) in [4.78, 5) is 64.8. The summed E-state index contributed by atoms with van der Waals surface area (Å²) in [5.74, 6) is 0.347. The van der Waals surface area contributed by atoms with Crippen molar-refractivity contribution >= 4 is 34.7 Å². The number of aromatic nitrogens is 1. The van der Waals surface area contributed by atoms with E-state index in [0.717, 1.165) is 58.5 Å². The second-order valence-corrected chi connectivity index (χ2v) is 15.9. The van der Waals surface area contributed by atoms with Crippen LogP contribution in [-0.2, 0) is 42.7 Å². The van der Waals surface area contributed by atoms with Gasteiger partial charge in [0.25, 0.3) is 5.91 Å². The average molecular weight is 825 g/mol. The molecule has 0 spiro atoms. The van der Waals surface area contributed by atoms with Gasteiger partial charge in [0.2, 0.25) is 11.8 Å². The van der Waals surface area contributed by atoms with Crippen molar-refractivity contribution in [2.45, 2.75) is 38.3 Å². The second kappa shape index (κ2) is 17.9. The minimum absolute atomic E-state index is 0.0392. The number of amides is 5. The molecule has 0 aliphatic carbocycles. The molecule has 3 saturated heterocycles. The van der Waals surface area contributed by atoms with Gasteiger partial charge in [0, 0.05) is 77.4 Å². The first kappa shape index (κ1) is 41.1. The Hall–Kier alpha value is -6.64. The van der Waals surface area contributed by atoms with E-state index in [1.807, 2.05) is 89.4 Å². The molecule has 3 aliphatic heterocycles. The number of fused-ring (bicyclic) bond motifs is 2. The van der Waals surface area contributed by atoms with E-state index in [4.69, 9.17) is 4.74 Å². The van der Waals surface area contributed by atoms with E-state index < -0.39 is 18.2 Å². The Morgan fingerprint density at radius 2 is 1.62 bits per heavy atom. The van der Waals surface area contributed by atoms with Gasteiger partial charge in [-0.15, -0.1) is 6.58 Å². The minimum Gasteiger partial charge on any atom is -0.508 e. The normalized spacial score (nSPS) is 18.7. The molecular formula is C47H52N8O6. The monoisotopic (exact) mass is 824 g/mol. The standard InChI is InChI=1S/C47H52N8O6/c1-4-20-53-32-43(57)54-41(26-33-16-18-37(56)19-17-33)46(59)52(31-42(54)55(53)47(60)48-27-34-10-6-5-7-11-34)29-36-13-9-15-39-40(30-49(2)44(36)39)45(58)51-23-21-50(22-24-51)28-35-12-8-14-38(25-35)61-3/h4-19,25,30,41-42,56H,1,20-24,26-29,31-32H2,2-3H3,(H,48,60)/t41-,42-/m0/s1. The molecule has 14 heteroatoms. The Balaban J connectivity index is 1.06. The largest absolute Gasteiger partial charge is 0.508 e. The Kier molecular flexibility index (Phi) is 12.1. The number of rotatable bonds is 12. The molecule has 5 aromatic rings. The van der Waals surface area contributed by atoms with Gasteiger partial charge in [-0.2, -0.15) is 0 Å². The second-order valence-electron chi connectivity index (χ2n) is 15.9. The summed E-state index contributed by atoms with van der Waals surface area (Å²) in [7, 11) is 3.58. The number of para-hydroxylation sites is 1. The average Bonchev–Trinajstić information content (AvgIpc) is 3.62. The molecule has 8 rings (SSSR count). The van der Waals surface area contributed by atoms with Crippen molar-refractivity contribution in [3.05, 3.63) is 144 Å². The number of nitrogens with zero attached hydrogens (tertiary/aromatic N) is 7. The third kappa shape index (κ3) is 8.68. The molecule has 0 radical (unpaired) electrons. The number of hydrogen-bond acceptors (Lipinski definition) is 8. The first-order valence-electron chi connectivity index (χ1n) is 20.7. The summed E-state index contributed by atoms with van der Waals surface area (Å²) in [6, 6.07) is 28.7. The highest BCUT2D eigenvalue weighted by atomic mass is 16.5. The summed E-state index contributed by atoms with van der Waals surface area (Å²) >= 11 is 0. The van der Waals surface area contributed by atoms with Gasteiger partial charge in [0.15, 0.2) is 0 Å². The molecule has 0 bridgehead atoms. The van der Waals surface area contributed by atoms with Gasteiger partial charge in [-0.1, -0.05) is 78.9 Å². The van der Waals surface area contributed by atoms with Gasteiger partial charge in [-0.05, 0) is 46.5 Å². The molecule has 14 nitrogen and oxygen atoms in total. The molecule has 5 amide bonds. The van der Waals surface area contributed by atoms with Crippen LogP contribution in [0.2, 0.25) is 0 Å². The molecule has 316 valence electrons. The number of carbonyl (C=O) groups is 4. The van der Waals surface area contributed by atoms with Crippen LogP contribution in [0.1, 0.15) is 32.6 Å². The van der Waals surface area contributed by atoms with E-state index in [1.165, 1.54) is 0 Å². The number of phenolic OH excluding ortho intramolecular Hbond substituents is 1. The molecular weight excluding hydrogens is 773 g/mol. The lowest BCUT2D eigenvalue weighted by Crippen LogP contribution is -2.76. The fourth-order valence-electron chi connectivity index (χ4n) is 8.92. The Labute approximate surface area is 355 Å². The number of phenols is 1. The van der Waals surface area contributed by atoms with E-state index in [1.54, 1.807) is 57.3 Å². The van der Waals surface area contributed by atoms with Crippen molar-refractivity contribution in [1.82, 2.24) is 39.5 Å². The lowest BCUT2D eigenvalue weighted by atomic mass is 9.98. The van der Waals surface area contributed by atoms with Gasteiger partial charge >= 0.3 is 6.03 Å². The molecule has 1 aromatic heterocycles. The van der Waals surface area contributed by atoms with E-state index in [-0.39, 0.29) is 62.6 Å². The Morgan fingerprint density at radius 3 is 2.36 bits per heavy atom. The van der Waals surface area contributed by atoms with Crippen molar-refractivity contribution in [3.63, 3.8) is 0 Å². The number of aryl methyl sites for hydroxylation is 1. The van der Waals surface area contributed by atoms with Gasteiger partial charge in [-0.25, -0.2) is 14.8 Å². The maximum absolute atomic E-state index is 14.8. The predicted molar refractivity (Wildman–Crippen MR) is 231 cm³/mol. The van der Waals surface area contributed by atoms with Crippen LogP contribution in [0, 0.1) is 0 Å². The van der Waals surface area contributed by atoms with Crippen LogP contribution in [0.25, 0.3) is 10.9 Å². The quantitative estimate of drug-likeness (QED) is 0.175. The van der Waals surface area contributed by atoms with Crippen LogP contribution in [0.5, 0.6) is 11.5 Å². The number of piperazine rings is 2. The number of methoxy groups -OCH3 is 1. The molecule has 3 aliphatic rings. The Bertz CT molecular complexity index is 2410. The zero-order chi connectivity index (χ0) is 42.6. The third-order valence-electron chi connectivity index (χ3n) is 11.9. The molecule has 2 N–H and O–H groups in total.